The van der Waals surface area contributed by atoms with Gasteiger partial charge >= 0.3 is 0 Å². The van der Waals surface area contributed by atoms with Gasteiger partial charge in [-0.25, -0.2) is 0 Å². The van der Waals surface area contributed by atoms with Crippen LogP contribution in [-0.2, 0) is 0 Å². The minimum atomic E-state index is -0.384. The number of benzene rings is 2. The number of anilines is 1. The zero-order valence-corrected chi connectivity index (χ0v) is 15.4. The van der Waals surface area contributed by atoms with Crippen molar-refractivity contribution in [2.45, 2.75) is 18.9 Å². The van der Waals surface area contributed by atoms with Gasteiger partial charge in [0.1, 0.15) is 0 Å². The summed E-state index contributed by atoms with van der Waals surface area (Å²) in [6, 6.07) is 11.2. The maximum atomic E-state index is 12.7. The van der Waals surface area contributed by atoms with E-state index >= 15 is 0 Å². The molecule has 0 aliphatic carbocycles. The summed E-state index contributed by atoms with van der Waals surface area (Å²) < 4.78 is 0. The summed E-state index contributed by atoms with van der Waals surface area (Å²) in [6.45, 7) is 0.582. The largest absolute Gasteiger partial charge is 0.394 e. The lowest BCUT2D eigenvalue weighted by atomic mass is 10.1. The van der Waals surface area contributed by atoms with Gasteiger partial charge in [0.15, 0.2) is 0 Å². The van der Waals surface area contributed by atoms with Crippen molar-refractivity contribution in [3.05, 3.63) is 63.6 Å². The number of nitrogens with one attached hydrogen (secondary N) is 1. The van der Waals surface area contributed by atoms with Crippen LogP contribution in [0.15, 0.2) is 42.5 Å². The Morgan fingerprint density at radius 1 is 1.19 bits per heavy atom. The number of amides is 2. The van der Waals surface area contributed by atoms with E-state index in [0.29, 0.717) is 28.4 Å². The molecule has 0 spiro atoms. The smallest absolute Gasteiger partial charge is 0.257 e. The Labute approximate surface area is 161 Å². The number of hydrogen-bond acceptors (Lipinski definition) is 3. The average molecular weight is 393 g/mol. The van der Waals surface area contributed by atoms with Gasteiger partial charge in [0.05, 0.1) is 23.2 Å². The number of likely N-dealkylation sites (tertiary alicyclic amines) is 1. The van der Waals surface area contributed by atoms with Crippen LogP contribution in [0.4, 0.5) is 5.69 Å². The number of halogens is 2. The van der Waals surface area contributed by atoms with Crippen molar-refractivity contribution >= 4 is 40.7 Å². The highest BCUT2D eigenvalue weighted by atomic mass is 35.5. The van der Waals surface area contributed by atoms with Crippen LogP contribution in [0.3, 0.4) is 0 Å². The van der Waals surface area contributed by atoms with E-state index in [2.05, 4.69) is 5.32 Å². The van der Waals surface area contributed by atoms with Crippen molar-refractivity contribution in [1.29, 1.82) is 0 Å². The van der Waals surface area contributed by atoms with Crippen LogP contribution in [0.5, 0.6) is 0 Å². The second kappa shape index (κ2) is 8.08. The summed E-state index contributed by atoms with van der Waals surface area (Å²) in [4.78, 5) is 26.8. The Morgan fingerprint density at radius 2 is 2.00 bits per heavy atom. The third-order valence-corrected chi connectivity index (χ3v) is 4.94. The van der Waals surface area contributed by atoms with Gasteiger partial charge in [0.25, 0.3) is 11.8 Å². The third kappa shape index (κ3) is 4.01. The molecule has 2 N–H and O–H groups in total. The Morgan fingerprint density at radius 3 is 2.73 bits per heavy atom. The molecule has 1 fully saturated rings. The number of nitrogens with zero attached hydrogens (tertiary/aromatic N) is 1. The first-order valence-electron chi connectivity index (χ1n) is 8.28. The fourth-order valence-electron chi connectivity index (χ4n) is 3.06. The van der Waals surface area contributed by atoms with Crippen LogP contribution in [0.1, 0.15) is 33.6 Å². The first-order chi connectivity index (χ1) is 12.5. The van der Waals surface area contributed by atoms with Crippen LogP contribution < -0.4 is 5.32 Å². The van der Waals surface area contributed by atoms with Gasteiger partial charge in [-0.15, -0.1) is 0 Å². The van der Waals surface area contributed by atoms with E-state index in [4.69, 9.17) is 23.2 Å². The number of carbonyl (C=O) groups is 2. The Hall–Kier alpha value is -2.08. The zero-order chi connectivity index (χ0) is 18.7. The number of carbonyl (C=O) groups excluding carboxylic acids is 2. The van der Waals surface area contributed by atoms with Crippen LogP contribution in [0.2, 0.25) is 10.0 Å². The lowest BCUT2D eigenvalue weighted by Crippen LogP contribution is -2.37. The Balaban J connectivity index is 1.77. The summed E-state index contributed by atoms with van der Waals surface area (Å²) in [6.07, 6.45) is 1.68. The highest BCUT2D eigenvalue weighted by molar-refractivity contribution is 6.37. The van der Waals surface area contributed by atoms with Gasteiger partial charge in [-0.05, 0) is 49.2 Å². The van der Waals surface area contributed by atoms with E-state index in [9.17, 15) is 14.7 Å². The molecule has 136 valence electrons. The summed E-state index contributed by atoms with van der Waals surface area (Å²) in [5.41, 5.74) is 1.25. The summed E-state index contributed by atoms with van der Waals surface area (Å²) in [5.74, 6) is -0.534. The lowest BCUT2D eigenvalue weighted by molar-refractivity contribution is 0.0677. The average Bonchev–Trinajstić information content (AvgIpc) is 3.09. The third-order valence-electron chi connectivity index (χ3n) is 4.39. The van der Waals surface area contributed by atoms with Crippen molar-refractivity contribution in [2.75, 3.05) is 18.5 Å². The van der Waals surface area contributed by atoms with Crippen LogP contribution in [-0.4, -0.2) is 41.0 Å². The Kier molecular flexibility index (Phi) is 5.81. The molecule has 1 saturated heterocycles. The maximum Gasteiger partial charge on any atom is 0.257 e. The monoisotopic (exact) mass is 392 g/mol. The standard InChI is InChI=1S/C19H18Cl2N2O3/c20-13-6-7-16(17(21)10-13)18(25)22-14-4-1-3-12(9-14)19(26)23-8-2-5-15(23)11-24/h1,3-4,6-7,9-10,15,24H,2,5,8,11H2,(H,22,25)/t15-/m0/s1. The molecule has 0 saturated carbocycles. The highest BCUT2D eigenvalue weighted by Crippen LogP contribution is 2.24. The fraction of sp³-hybridized carbons (Fsp3) is 0.263. The summed E-state index contributed by atoms with van der Waals surface area (Å²) >= 11 is 11.9. The quantitative estimate of drug-likeness (QED) is 0.829. The van der Waals surface area contributed by atoms with Gasteiger partial charge in [-0.2, -0.15) is 0 Å². The predicted octanol–water partition coefficient (Wildman–Crippen LogP) is 3.84. The molecule has 2 aromatic carbocycles. The van der Waals surface area contributed by atoms with E-state index < -0.39 is 0 Å². The molecule has 7 heteroatoms. The van der Waals surface area contributed by atoms with Gasteiger partial charge in [-0.1, -0.05) is 29.3 Å². The second-order valence-corrected chi connectivity index (χ2v) is 6.98. The zero-order valence-electron chi connectivity index (χ0n) is 13.9. The fourth-order valence-corrected chi connectivity index (χ4v) is 3.56. The SMILES string of the molecule is O=C(Nc1cccc(C(=O)N2CCC[C@H]2CO)c1)c1ccc(Cl)cc1Cl. The molecule has 1 atom stereocenters. The molecule has 2 aromatic rings. The van der Waals surface area contributed by atoms with E-state index in [1.807, 2.05) is 0 Å². The molecule has 2 amide bonds. The molecule has 0 bridgehead atoms. The molecular formula is C19H18Cl2N2O3. The van der Waals surface area contributed by atoms with E-state index in [0.717, 1.165) is 12.8 Å². The number of aliphatic hydroxyl groups excluding tert-OH is 1. The van der Waals surface area contributed by atoms with Crippen molar-refractivity contribution in [3.63, 3.8) is 0 Å². The molecule has 1 aliphatic rings. The first kappa shape index (κ1) is 18.7. The van der Waals surface area contributed by atoms with Crippen LogP contribution in [0, 0.1) is 0 Å². The first-order valence-corrected chi connectivity index (χ1v) is 9.03. The molecule has 1 heterocycles. The topological polar surface area (TPSA) is 69.6 Å². The summed E-state index contributed by atoms with van der Waals surface area (Å²) in [5, 5.41) is 12.8. The second-order valence-electron chi connectivity index (χ2n) is 6.14. The molecule has 0 aromatic heterocycles. The van der Waals surface area contributed by atoms with Gasteiger partial charge in [-0.3, -0.25) is 9.59 Å². The normalized spacial score (nSPS) is 16.6. The van der Waals surface area contributed by atoms with E-state index in [-0.39, 0.29) is 29.5 Å². The van der Waals surface area contributed by atoms with Crippen molar-refractivity contribution in [3.8, 4) is 0 Å². The maximum absolute atomic E-state index is 12.7. The highest BCUT2D eigenvalue weighted by Gasteiger charge is 2.28. The lowest BCUT2D eigenvalue weighted by Gasteiger charge is -2.23. The van der Waals surface area contributed by atoms with Crippen LogP contribution >= 0.6 is 23.2 Å². The van der Waals surface area contributed by atoms with Crippen molar-refractivity contribution in [2.24, 2.45) is 0 Å². The number of hydrogen-bond donors (Lipinski definition) is 2. The Bertz CT molecular complexity index is 841. The predicted molar refractivity (Wildman–Crippen MR) is 102 cm³/mol. The molecule has 0 unspecified atom stereocenters. The summed E-state index contributed by atoms with van der Waals surface area (Å²) in [7, 11) is 0. The molecule has 26 heavy (non-hydrogen) atoms. The van der Waals surface area contributed by atoms with Gasteiger partial charge in [0, 0.05) is 22.8 Å². The van der Waals surface area contributed by atoms with Gasteiger partial charge in [0.2, 0.25) is 0 Å². The molecule has 3 rings (SSSR count). The van der Waals surface area contributed by atoms with Gasteiger partial charge < -0.3 is 15.3 Å². The number of aliphatic hydroxyl groups is 1. The van der Waals surface area contributed by atoms with E-state index in [1.54, 1.807) is 41.3 Å². The van der Waals surface area contributed by atoms with Crippen molar-refractivity contribution < 1.29 is 14.7 Å². The molecular weight excluding hydrogens is 375 g/mol. The number of rotatable bonds is 4. The minimum Gasteiger partial charge on any atom is -0.394 e. The molecule has 5 nitrogen and oxygen atoms in total. The minimum absolute atomic E-state index is 0.0444. The van der Waals surface area contributed by atoms with Crippen LogP contribution in [0.25, 0.3) is 0 Å². The molecule has 0 radical (unpaired) electrons. The van der Waals surface area contributed by atoms with Crippen molar-refractivity contribution in [1.82, 2.24) is 4.90 Å². The van der Waals surface area contributed by atoms with E-state index in [1.165, 1.54) is 6.07 Å². The molecule has 1 aliphatic heterocycles.